The summed E-state index contributed by atoms with van der Waals surface area (Å²) in [5.41, 5.74) is 0. The van der Waals surface area contributed by atoms with Gasteiger partial charge in [-0.1, -0.05) is 0 Å². The molecule has 0 saturated carbocycles. The Bertz CT molecular complexity index is 147. The third kappa shape index (κ3) is 5.10. The van der Waals surface area contributed by atoms with Gasteiger partial charge in [-0.05, 0) is 41.4 Å². The SMILES string of the molecule is CCO[Si](C)(CC(C)N(C)C)OCC. The molecule has 0 aromatic rings. The van der Waals surface area contributed by atoms with Crippen molar-refractivity contribution < 1.29 is 8.85 Å². The summed E-state index contributed by atoms with van der Waals surface area (Å²) in [6.45, 7) is 9.93. The predicted molar refractivity (Wildman–Crippen MR) is 62.8 cm³/mol. The molecule has 3 nitrogen and oxygen atoms in total. The fourth-order valence-corrected chi connectivity index (χ4v) is 4.47. The quantitative estimate of drug-likeness (QED) is 0.612. The normalized spacial score (nSPS) is 14.8. The first-order valence-electron chi connectivity index (χ1n) is 5.39. The average Bonchev–Trinajstić information content (AvgIpc) is 2.04. The van der Waals surface area contributed by atoms with Crippen molar-refractivity contribution in [3.05, 3.63) is 0 Å². The van der Waals surface area contributed by atoms with Crippen molar-refractivity contribution in [1.29, 1.82) is 0 Å². The second-order valence-corrected chi connectivity index (χ2v) is 7.27. The molecule has 0 spiro atoms. The van der Waals surface area contributed by atoms with Crippen LogP contribution in [0, 0.1) is 0 Å². The first-order chi connectivity index (χ1) is 6.45. The summed E-state index contributed by atoms with van der Waals surface area (Å²) in [6, 6.07) is 1.55. The molecule has 0 heterocycles. The van der Waals surface area contributed by atoms with Gasteiger partial charge < -0.3 is 13.8 Å². The Morgan fingerprint density at radius 3 is 1.86 bits per heavy atom. The van der Waals surface area contributed by atoms with Gasteiger partial charge in [-0.2, -0.15) is 0 Å². The van der Waals surface area contributed by atoms with E-state index >= 15 is 0 Å². The van der Waals surface area contributed by atoms with E-state index in [0.29, 0.717) is 6.04 Å². The molecular formula is C10H25NO2Si. The number of rotatable bonds is 7. The van der Waals surface area contributed by atoms with E-state index in [4.69, 9.17) is 8.85 Å². The van der Waals surface area contributed by atoms with E-state index < -0.39 is 8.56 Å². The van der Waals surface area contributed by atoms with Gasteiger partial charge in [-0.25, -0.2) is 0 Å². The van der Waals surface area contributed by atoms with E-state index in [1.165, 1.54) is 0 Å². The van der Waals surface area contributed by atoms with Crippen LogP contribution in [0.1, 0.15) is 20.8 Å². The summed E-state index contributed by atoms with van der Waals surface area (Å²) in [5, 5.41) is 0. The fraction of sp³-hybridized carbons (Fsp3) is 1.00. The first-order valence-corrected chi connectivity index (χ1v) is 7.92. The van der Waals surface area contributed by atoms with Crippen molar-refractivity contribution in [2.24, 2.45) is 0 Å². The Morgan fingerprint density at radius 1 is 1.14 bits per heavy atom. The van der Waals surface area contributed by atoms with E-state index in [2.05, 4.69) is 32.5 Å². The molecule has 0 saturated heterocycles. The van der Waals surface area contributed by atoms with Crippen LogP contribution in [0.3, 0.4) is 0 Å². The zero-order valence-electron chi connectivity index (χ0n) is 10.5. The van der Waals surface area contributed by atoms with E-state index in [9.17, 15) is 0 Å². The molecule has 0 aliphatic carbocycles. The smallest absolute Gasteiger partial charge is 0.336 e. The molecule has 4 heteroatoms. The summed E-state index contributed by atoms with van der Waals surface area (Å²) in [5.74, 6) is 0. The molecule has 0 rings (SSSR count). The van der Waals surface area contributed by atoms with Gasteiger partial charge >= 0.3 is 8.56 Å². The molecule has 0 aliphatic heterocycles. The summed E-state index contributed by atoms with van der Waals surface area (Å²) in [4.78, 5) is 2.21. The maximum atomic E-state index is 5.78. The van der Waals surface area contributed by atoms with Gasteiger partial charge in [-0.3, -0.25) is 0 Å². The summed E-state index contributed by atoms with van der Waals surface area (Å²) >= 11 is 0. The van der Waals surface area contributed by atoms with Crippen molar-refractivity contribution in [1.82, 2.24) is 4.90 Å². The monoisotopic (exact) mass is 219 g/mol. The van der Waals surface area contributed by atoms with E-state index in [1.807, 2.05) is 13.8 Å². The molecule has 0 aromatic carbocycles. The van der Waals surface area contributed by atoms with Crippen molar-refractivity contribution in [3.8, 4) is 0 Å². The third-order valence-electron chi connectivity index (χ3n) is 2.45. The Balaban J connectivity index is 4.20. The summed E-state index contributed by atoms with van der Waals surface area (Å²) in [6.07, 6.45) is 0. The second kappa shape index (κ2) is 6.56. The minimum Gasteiger partial charge on any atom is -0.395 e. The van der Waals surface area contributed by atoms with Crippen molar-refractivity contribution in [2.45, 2.75) is 39.4 Å². The van der Waals surface area contributed by atoms with E-state index in [-0.39, 0.29) is 0 Å². The highest BCUT2D eigenvalue weighted by Gasteiger charge is 2.33. The Hall–Kier alpha value is 0.0969. The molecule has 0 N–H and O–H groups in total. The molecule has 1 atom stereocenters. The molecule has 0 aliphatic rings. The molecule has 86 valence electrons. The maximum Gasteiger partial charge on any atom is 0.336 e. The third-order valence-corrected chi connectivity index (χ3v) is 5.58. The van der Waals surface area contributed by atoms with Crippen molar-refractivity contribution in [3.63, 3.8) is 0 Å². The molecule has 14 heavy (non-hydrogen) atoms. The van der Waals surface area contributed by atoms with Crippen LogP contribution in [0.5, 0.6) is 0 Å². The van der Waals surface area contributed by atoms with Gasteiger partial charge in [0.05, 0.1) is 0 Å². The number of hydrogen-bond acceptors (Lipinski definition) is 3. The van der Waals surface area contributed by atoms with Crippen LogP contribution in [0.2, 0.25) is 12.6 Å². The molecule has 0 bridgehead atoms. The lowest BCUT2D eigenvalue weighted by atomic mass is 10.4. The lowest BCUT2D eigenvalue weighted by molar-refractivity contribution is 0.178. The lowest BCUT2D eigenvalue weighted by Crippen LogP contribution is -2.44. The van der Waals surface area contributed by atoms with Gasteiger partial charge in [0.2, 0.25) is 0 Å². The Kier molecular flexibility index (Phi) is 6.60. The zero-order chi connectivity index (χ0) is 11.2. The minimum atomic E-state index is -1.92. The van der Waals surface area contributed by atoms with Gasteiger partial charge in [0.25, 0.3) is 0 Å². The van der Waals surface area contributed by atoms with E-state index in [1.54, 1.807) is 0 Å². The predicted octanol–water partition coefficient (Wildman–Crippen LogP) is 2.08. The highest BCUT2D eigenvalue weighted by atomic mass is 28.4. The van der Waals surface area contributed by atoms with Crippen LogP contribution in [-0.4, -0.2) is 46.8 Å². The largest absolute Gasteiger partial charge is 0.395 e. The van der Waals surface area contributed by atoms with Crippen LogP contribution in [0.4, 0.5) is 0 Å². The fourth-order valence-electron chi connectivity index (χ4n) is 1.49. The van der Waals surface area contributed by atoms with E-state index in [0.717, 1.165) is 19.3 Å². The zero-order valence-corrected chi connectivity index (χ0v) is 11.5. The number of hydrogen-bond donors (Lipinski definition) is 0. The number of nitrogens with zero attached hydrogens (tertiary/aromatic N) is 1. The molecular weight excluding hydrogens is 194 g/mol. The van der Waals surface area contributed by atoms with Crippen LogP contribution in [0.25, 0.3) is 0 Å². The summed E-state index contributed by atoms with van der Waals surface area (Å²) < 4.78 is 11.6. The topological polar surface area (TPSA) is 21.7 Å². The highest BCUT2D eigenvalue weighted by Crippen LogP contribution is 2.17. The Labute approximate surface area is 89.6 Å². The maximum absolute atomic E-state index is 5.78. The van der Waals surface area contributed by atoms with Gasteiger partial charge in [0.1, 0.15) is 0 Å². The second-order valence-electron chi connectivity index (χ2n) is 4.02. The van der Waals surface area contributed by atoms with Crippen LogP contribution < -0.4 is 0 Å². The van der Waals surface area contributed by atoms with Gasteiger partial charge in [0.15, 0.2) is 0 Å². The molecule has 1 unspecified atom stereocenters. The molecule has 0 fully saturated rings. The first kappa shape index (κ1) is 14.1. The molecule has 0 amide bonds. The minimum absolute atomic E-state index is 0.518. The van der Waals surface area contributed by atoms with Crippen molar-refractivity contribution >= 4 is 8.56 Å². The molecule has 0 radical (unpaired) electrons. The highest BCUT2D eigenvalue weighted by molar-refractivity contribution is 6.66. The van der Waals surface area contributed by atoms with Crippen molar-refractivity contribution in [2.75, 3.05) is 27.3 Å². The Morgan fingerprint density at radius 2 is 1.57 bits per heavy atom. The van der Waals surface area contributed by atoms with Crippen LogP contribution in [0.15, 0.2) is 0 Å². The average molecular weight is 219 g/mol. The van der Waals surface area contributed by atoms with Gasteiger partial charge in [-0.15, -0.1) is 0 Å². The standard InChI is InChI=1S/C10H25NO2Si/c1-7-12-14(6,13-8-2)9-10(3)11(4)5/h10H,7-9H2,1-6H3. The molecule has 0 aromatic heterocycles. The lowest BCUT2D eigenvalue weighted by Gasteiger charge is -2.31. The van der Waals surface area contributed by atoms with Crippen LogP contribution in [-0.2, 0) is 8.85 Å². The summed E-state index contributed by atoms with van der Waals surface area (Å²) in [7, 11) is 2.27. The van der Waals surface area contributed by atoms with Crippen LogP contribution >= 0.6 is 0 Å². The van der Waals surface area contributed by atoms with Gasteiger partial charge in [0, 0.05) is 25.3 Å².